The number of hydrogen-bond donors (Lipinski definition) is 0. The van der Waals surface area contributed by atoms with Crippen molar-refractivity contribution in [1.82, 2.24) is 9.80 Å². The number of carbonyl (C=O) groups excluding carboxylic acids is 1. The standard InChI is InChI=1S/C14H28N2O/c1-3-15(4-2)11-7-5-9-14-10-6-8-12-16(14)13-17/h13-14H,3-12H2,1-2H3. The molecular weight excluding hydrogens is 212 g/mol. The summed E-state index contributed by atoms with van der Waals surface area (Å²) in [6.07, 6.45) is 8.47. The van der Waals surface area contributed by atoms with Gasteiger partial charge in [-0.1, -0.05) is 20.3 Å². The average Bonchev–Trinajstić information content (AvgIpc) is 2.39. The maximum atomic E-state index is 10.9. The van der Waals surface area contributed by atoms with Crippen LogP contribution in [0.25, 0.3) is 0 Å². The van der Waals surface area contributed by atoms with Crippen LogP contribution in [0.5, 0.6) is 0 Å². The number of amides is 1. The first-order chi connectivity index (χ1) is 8.31. The molecule has 17 heavy (non-hydrogen) atoms. The predicted octanol–water partition coefficient (Wildman–Crippen LogP) is 2.51. The Morgan fingerprint density at radius 1 is 1.24 bits per heavy atom. The van der Waals surface area contributed by atoms with Gasteiger partial charge in [0, 0.05) is 12.6 Å². The van der Waals surface area contributed by atoms with Gasteiger partial charge in [0.25, 0.3) is 0 Å². The molecular formula is C14H28N2O. The molecule has 0 bridgehead atoms. The van der Waals surface area contributed by atoms with Crippen molar-refractivity contribution in [3.63, 3.8) is 0 Å². The quantitative estimate of drug-likeness (QED) is 0.481. The fourth-order valence-corrected chi connectivity index (χ4v) is 2.73. The van der Waals surface area contributed by atoms with Gasteiger partial charge in [-0.15, -0.1) is 0 Å². The Labute approximate surface area is 106 Å². The van der Waals surface area contributed by atoms with Gasteiger partial charge in [0.05, 0.1) is 0 Å². The van der Waals surface area contributed by atoms with E-state index in [4.69, 9.17) is 0 Å². The van der Waals surface area contributed by atoms with E-state index in [0.29, 0.717) is 6.04 Å². The molecule has 100 valence electrons. The summed E-state index contributed by atoms with van der Waals surface area (Å²) in [7, 11) is 0. The monoisotopic (exact) mass is 240 g/mol. The molecule has 3 heteroatoms. The Morgan fingerprint density at radius 2 is 2.00 bits per heavy atom. The molecule has 1 unspecified atom stereocenters. The Balaban J connectivity index is 2.14. The molecule has 1 saturated heterocycles. The van der Waals surface area contributed by atoms with Crippen molar-refractivity contribution in [3.05, 3.63) is 0 Å². The normalized spacial score (nSPS) is 20.9. The van der Waals surface area contributed by atoms with Gasteiger partial charge in [0.15, 0.2) is 0 Å². The lowest BCUT2D eigenvalue weighted by atomic mass is 9.98. The molecule has 0 aromatic heterocycles. The molecule has 0 aromatic rings. The molecule has 3 nitrogen and oxygen atoms in total. The van der Waals surface area contributed by atoms with E-state index < -0.39 is 0 Å². The van der Waals surface area contributed by atoms with Crippen LogP contribution in [-0.4, -0.2) is 48.4 Å². The minimum Gasteiger partial charge on any atom is -0.342 e. The zero-order valence-electron chi connectivity index (χ0n) is 11.5. The SMILES string of the molecule is CCN(CC)CCCCC1CCCCN1C=O. The Hall–Kier alpha value is -0.570. The highest BCUT2D eigenvalue weighted by atomic mass is 16.1. The second-order valence-electron chi connectivity index (χ2n) is 5.02. The summed E-state index contributed by atoms with van der Waals surface area (Å²) >= 11 is 0. The lowest BCUT2D eigenvalue weighted by Crippen LogP contribution is -2.38. The van der Waals surface area contributed by atoms with E-state index in [1.54, 1.807) is 0 Å². The lowest BCUT2D eigenvalue weighted by Gasteiger charge is -2.32. The van der Waals surface area contributed by atoms with Crippen LogP contribution in [0.3, 0.4) is 0 Å². The molecule has 1 rings (SSSR count). The molecule has 1 heterocycles. The fraction of sp³-hybridized carbons (Fsp3) is 0.929. The van der Waals surface area contributed by atoms with Gasteiger partial charge in [-0.25, -0.2) is 0 Å². The topological polar surface area (TPSA) is 23.6 Å². The van der Waals surface area contributed by atoms with E-state index in [2.05, 4.69) is 18.7 Å². The first-order valence-electron chi connectivity index (χ1n) is 7.25. The molecule has 0 radical (unpaired) electrons. The molecule has 0 spiro atoms. The molecule has 1 amide bonds. The van der Waals surface area contributed by atoms with E-state index in [9.17, 15) is 4.79 Å². The van der Waals surface area contributed by atoms with Crippen molar-refractivity contribution in [2.75, 3.05) is 26.2 Å². The summed E-state index contributed by atoms with van der Waals surface area (Å²) in [5.41, 5.74) is 0. The van der Waals surface area contributed by atoms with E-state index in [1.807, 2.05) is 4.90 Å². The highest BCUT2D eigenvalue weighted by Crippen LogP contribution is 2.19. The number of nitrogens with zero attached hydrogens (tertiary/aromatic N) is 2. The van der Waals surface area contributed by atoms with Crippen molar-refractivity contribution in [1.29, 1.82) is 0 Å². The highest BCUT2D eigenvalue weighted by molar-refractivity contribution is 5.47. The van der Waals surface area contributed by atoms with Gasteiger partial charge < -0.3 is 9.80 Å². The number of carbonyl (C=O) groups is 1. The molecule has 0 N–H and O–H groups in total. The summed E-state index contributed by atoms with van der Waals surface area (Å²) in [5.74, 6) is 0. The molecule has 1 atom stereocenters. The third-order valence-corrected chi connectivity index (χ3v) is 3.96. The van der Waals surface area contributed by atoms with Crippen LogP contribution < -0.4 is 0 Å². The van der Waals surface area contributed by atoms with Crippen LogP contribution in [0.1, 0.15) is 52.4 Å². The Morgan fingerprint density at radius 3 is 2.65 bits per heavy atom. The van der Waals surface area contributed by atoms with Gasteiger partial charge in [-0.2, -0.15) is 0 Å². The van der Waals surface area contributed by atoms with Crippen molar-refractivity contribution in [2.45, 2.75) is 58.4 Å². The summed E-state index contributed by atoms with van der Waals surface area (Å²) in [5, 5.41) is 0. The van der Waals surface area contributed by atoms with Gasteiger partial charge in [0.1, 0.15) is 0 Å². The fourth-order valence-electron chi connectivity index (χ4n) is 2.73. The number of hydrogen-bond acceptors (Lipinski definition) is 2. The molecule has 0 aliphatic carbocycles. The smallest absolute Gasteiger partial charge is 0.209 e. The summed E-state index contributed by atoms with van der Waals surface area (Å²) in [4.78, 5) is 15.4. The largest absolute Gasteiger partial charge is 0.342 e. The number of rotatable bonds is 8. The first kappa shape index (κ1) is 14.5. The zero-order valence-corrected chi connectivity index (χ0v) is 11.5. The third kappa shape index (κ3) is 5.07. The van der Waals surface area contributed by atoms with Gasteiger partial charge in [0.2, 0.25) is 6.41 Å². The van der Waals surface area contributed by atoms with E-state index >= 15 is 0 Å². The summed E-state index contributed by atoms with van der Waals surface area (Å²) in [6, 6.07) is 0.526. The van der Waals surface area contributed by atoms with Crippen LogP contribution >= 0.6 is 0 Å². The summed E-state index contributed by atoms with van der Waals surface area (Å²) in [6.45, 7) is 8.93. The van der Waals surface area contributed by atoms with Crippen molar-refractivity contribution >= 4 is 6.41 Å². The molecule has 0 saturated carbocycles. The van der Waals surface area contributed by atoms with Crippen molar-refractivity contribution < 1.29 is 4.79 Å². The Kier molecular flexibility index (Phi) is 7.25. The van der Waals surface area contributed by atoms with Crippen molar-refractivity contribution in [2.24, 2.45) is 0 Å². The molecule has 1 fully saturated rings. The second kappa shape index (κ2) is 8.51. The van der Waals surface area contributed by atoms with Crippen LogP contribution in [0.4, 0.5) is 0 Å². The van der Waals surface area contributed by atoms with E-state index in [0.717, 1.165) is 26.0 Å². The van der Waals surface area contributed by atoms with Crippen LogP contribution in [0, 0.1) is 0 Å². The van der Waals surface area contributed by atoms with Gasteiger partial charge in [-0.3, -0.25) is 4.79 Å². The lowest BCUT2D eigenvalue weighted by molar-refractivity contribution is -0.121. The maximum Gasteiger partial charge on any atom is 0.209 e. The second-order valence-corrected chi connectivity index (χ2v) is 5.02. The minimum absolute atomic E-state index is 0.526. The molecule has 1 aliphatic heterocycles. The molecule has 1 aliphatic rings. The van der Waals surface area contributed by atoms with Crippen LogP contribution in [-0.2, 0) is 4.79 Å². The Bertz CT molecular complexity index is 204. The first-order valence-corrected chi connectivity index (χ1v) is 7.25. The summed E-state index contributed by atoms with van der Waals surface area (Å²) < 4.78 is 0. The number of piperidine rings is 1. The number of unbranched alkanes of at least 4 members (excludes halogenated alkanes) is 1. The van der Waals surface area contributed by atoms with Crippen LogP contribution in [0.2, 0.25) is 0 Å². The third-order valence-electron chi connectivity index (χ3n) is 3.96. The number of likely N-dealkylation sites (tertiary alicyclic amines) is 1. The van der Waals surface area contributed by atoms with Gasteiger partial charge in [-0.05, 0) is 51.7 Å². The van der Waals surface area contributed by atoms with Gasteiger partial charge >= 0.3 is 0 Å². The average molecular weight is 240 g/mol. The highest BCUT2D eigenvalue weighted by Gasteiger charge is 2.19. The minimum atomic E-state index is 0.526. The zero-order chi connectivity index (χ0) is 12.5. The van der Waals surface area contributed by atoms with Crippen molar-refractivity contribution in [3.8, 4) is 0 Å². The predicted molar refractivity (Wildman–Crippen MR) is 72.0 cm³/mol. The molecule has 0 aromatic carbocycles. The maximum absolute atomic E-state index is 10.9. The van der Waals surface area contributed by atoms with Crippen LogP contribution in [0.15, 0.2) is 0 Å². The van der Waals surface area contributed by atoms with E-state index in [-0.39, 0.29) is 0 Å². The van der Waals surface area contributed by atoms with E-state index in [1.165, 1.54) is 45.1 Å².